The molecule has 0 amide bonds. The molecule has 0 bridgehead atoms. The van der Waals surface area contributed by atoms with Crippen LogP contribution in [0.2, 0.25) is 0 Å². The fourth-order valence-corrected chi connectivity index (χ4v) is 3.10. The molecule has 0 spiro atoms. The fraction of sp³-hybridized carbons (Fsp3) is 0.217. The molecule has 3 aromatic rings. The number of unbranched alkanes of at least 4 members (excludes halogenated alkanes) is 1. The van der Waals surface area contributed by atoms with Gasteiger partial charge in [0.1, 0.15) is 11.5 Å². The molecule has 0 aliphatic heterocycles. The van der Waals surface area contributed by atoms with E-state index in [0.717, 1.165) is 29.3 Å². The van der Waals surface area contributed by atoms with Crippen LogP contribution in [0, 0.1) is 0 Å². The zero-order chi connectivity index (χ0) is 18.4. The maximum absolute atomic E-state index is 5.90. The summed E-state index contributed by atoms with van der Waals surface area (Å²) in [5.74, 6) is 1.99. The third-order valence-corrected chi connectivity index (χ3v) is 4.58. The van der Waals surface area contributed by atoms with E-state index in [-0.39, 0.29) is 0 Å². The molecule has 1 unspecified atom stereocenters. The third-order valence-electron chi connectivity index (χ3n) is 4.58. The summed E-state index contributed by atoms with van der Waals surface area (Å²) in [5, 5.41) is 0. The van der Waals surface area contributed by atoms with Crippen molar-refractivity contribution in [1.29, 1.82) is 0 Å². The summed E-state index contributed by atoms with van der Waals surface area (Å²) < 4.78 is 5.90. The van der Waals surface area contributed by atoms with Gasteiger partial charge >= 0.3 is 0 Å². The van der Waals surface area contributed by atoms with Gasteiger partial charge < -0.3 is 16.2 Å². The monoisotopic (exact) mass is 346 g/mol. The van der Waals surface area contributed by atoms with Crippen molar-refractivity contribution in [1.82, 2.24) is 0 Å². The molecule has 0 aromatic heterocycles. The first-order chi connectivity index (χ1) is 12.7. The van der Waals surface area contributed by atoms with E-state index in [1.165, 1.54) is 24.0 Å². The minimum Gasteiger partial charge on any atom is -0.457 e. The first-order valence-electron chi connectivity index (χ1n) is 9.14. The van der Waals surface area contributed by atoms with Crippen LogP contribution in [0.3, 0.4) is 0 Å². The van der Waals surface area contributed by atoms with E-state index >= 15 is 0 Å². The van der Waals surface area contributed by atoms with Crippen LogP contribution in [0.25, 0.3) is 0 Å². The van der Waals surface area contributed by atoms with Crippen molar-refractivity contribution in [3.8, 4) is 11.5 Å². The van der Waals surface area contributed by atoms with Crippen LogP contribution in [0.15, 0.2) is 72.8 Å². The topological polar surface area (TPSA) is 61.3 Å². The highest BCUT2D eigenvalue weighted by Crippen LogP contribution is 2.32. The van der Waals surface area contributed by atoms with Gasteiger partial charge in [0, 0.05) is 17.3 Å². The lowest BCUT2D eigenvalue weighted by atomic mass is 9.87. The van der Waals surface area contributed by atoms with Crippen LogP contribution < -0.4 is 16.2 Å². The van der Waals surface area contributed by atoms with Crippen molar-refractivity contribution >= 4 is 11.4 Å². The van der Waals surface area contributed by atoms with Gasteiger partial charge in [-0.2, -0.15) is 0 Å². The first-order valence-corrected chi connectivity index (χ1v) is 9.14. The molecular weight excluding hydrogens is 320 g/mol. The van der Waals surface area contributed by atoms with Crippen LogP contribution in [0.4, 0.5) is 11.4 Å². The highest BCUT2D eigenvalue weighted by Gasteiger charge is 2.14. The van der Waals surface area contributed by atoms with Gasteiger partial charge in [0.15, 0.2) is 0 Å². The van der Waals surface area contributed by atoms with E-state index in [9.17, 15) is 0 Å². The van der Waals surface area contributed by atoms with Crippen molar-refractivity contribution in [2.75, 3.05) is 11.5 Å². The lowest BCUT2D eigenvalue weighted by Gasteiger charge is -2.18. The van der Waals surface area contributed by atoms with Crippen molar-refractivity contribution in [3.63, 3.8) is 0 Å². The Balaban J connectivity index is 1.78. The van der Waals surface area contributed by atoms with E-state index in [0.29, 0.717) is 5.92 Å². The highest BCUT2D eigenvalue weighted by atomic mass is 16.5. The molecule has 0 aliphatic rings. The standard InChI is InChI=1S/C23H26N2O/c1-2-3-4-23(17-5-9-19(24)10-6-17)18-7-13-21(14-8-18)26-22-15-11-20(25)12-16-22/h5-16,23H,2-4,24-25H2,1H3. The molecule has 0 aliphatic carbocycles. The van der Waals surface area contributed by atoms with Gasteiger partial charge in [-0.25, -0.2) is 0 Å². The lowest BCUT2D eigenvalue weighted by Crippen LogP contribution is -2.02. The van der Waals surface area contributed by atoms with Gasteiger partial charge in [0.05, 0.1) is 0 Å². The van der Waals surface area contributed by atoms with E-state index in [1.54, 1.807) is 0 Å². The van der Waals surface area contributed by atoms with Gasteiger partial charge in [0.25, 0.3) is 0 Å². The van der Waals surface area contributed by atoms with Crippen molar-refractivity contribution in [2.24, 2.45) is 0 Å². The van der Waals surface area contributed by atoms with Gasteiger partial charge in [-0.1, -0.05) is 44.0 Å². The Morgan fingerprint density at radius 1 is 0.692 bits per heavy atom. The van der Waals surface area contributed by atoms with Gasteiger partial charge in [-0.05, 0) is 66.1 Å². The average molecular weight is 346 g/mol. The van der Waals surface area contributed by atoms with Crippen LogP contribution in [-0.4, -0.2) is 0 Å². The highest BCUT2D eigenvalue weighted by molar-refractivity contribution is 5.45. The van der Waals surface area contributed by atoms with Crippen LogP contribution in [-0.2, 0) is 0 Å². The minimum atomic E-state index is 0.376. The number of nitrogens with two attached hydrogens (primary N) is 2. The molecule has 0 fully saturated rings. The van der Waals surface area contributed by atoms with E-state index in [2.05, 4.69) is 31.2 Å². The Labute approximate surface area is 155 Å². The zero-order valence-corrected chi connectivity index (χ0v) is 15.2. The molecular formula is C23H26N2O. The van der Waals surface area contributed by atoms with E-state index < -0.39 is 0 Å². The summed E-state index contributed by atoms with van der Waals surface area (Å²) in [7, 11) is 0. The Kier molecular flexibility index (Phi) is 5.80. The summed E-state index contributed by atoms with van der Waals surface area (Å²) in [6.45, 7) is 2.23. The molecule has 26 heavy (non-hydrogen) atoms. The molecule has 3 aromatic carbocycles. The SMILES string of the molecule is CCCCC(c1ccc(N)cc1)c1ccc(Oc2ccc(N)cc2)cc1. The molecule has 0 radical (unpaired) electrons. The largest absolute Gasteiger partial charge is 0.457 e. The Morgan fingerprint density at radius 2 is 1.12 bits per heavy atom. The quantitative estimate of drug-likeness (QED) is 0.518. The van der Waals surface area contributed by atoms with Crippen molar-refractivity contribution in [2.45, 2.75) is 32.1 Å². The summed E-state index contributed by atoms with van der Waals surface area (Å²) in [4.78, 5) is 0. The molecule has 1 atom stereocenters. The van der Waals surface area contributed by atoms with Crippen molar-refractivity contribution in [3.05, 3.63) is 83.9 Å². The molecule has 4 N–H and O–H groups in total. The average Bonchev–Trinajstić information content (AvgIpc) is 2.66. The Hall–Kier alpha value is -2.94. The maximum atomic E-state index is 5.90. The third kappa shape index (κ3) is 4.57. The smallest absolute Gasteiger partial charge is 0.127 e. The summed E-state index contributed by atoms with van der Waals surface area (Å²) in [5.41, 5.74) is 15.7. The van der Waals surface area contributed by atoms with Crippen LogP contribution in [0.1, 0.15) is 43.2 Å². The Morgan fingerprint density at radius 3 is 1.62 bits per heavy atom. The van der Waals surface area contributed by atoms with E-state index in [1.807, 2.05) is 48.5 Å². The first kappa shape index (κ1) is 17.9. The second kappa shape index (κ2) is 8.43. The summed E-state index contributed by atoms with van der Waals surface area (Å²) in [6, 6.07) is 24.0. The van der Waals surface area contributed by atoms with Crippen LogP contribution >= 0.6 is 0 Å². The van der Waals surface area contributed by atoms with Gasteiger partial charge in [0.2, 0.25) is 0 Å². The number of rotatable bonds is 7. The number of hydrogen-bond donors (Lipinski definition) is 2. The lowest BCUT2D eigenvalue weighted by molar-refractivity contribution is 0.482. The molecule has 3 heteroatoms. The van der Waals surface area contributed by atoms with E-state index in [4.69, 9.17) is 16.2 Å². The molecule has 0 saturated heterocycles. The number of benzene rings is 3. The molecule has 0 heterocycles. The molecule has 3 nitrogen and oxygen atoms in total. The number of hydrogen-bond acceptors (Lipinski definition) is 3. The molecule has 134 valence electrons. The molecule has 0 saturated carbocycles. The van der Waals surface area contributed by atoms with Crippen molar-refractivity contribution < 1.29 is 4.74 Å². The number of nitrogen functional groups attached to an aromatic ring is 2. The predicted molar refractivity (Wildman–Crippen MR) is 110 cm³/mol. The fourth-order valence-electron chi connectivity index (χ4n) is 3.10. The van der Waals surface area contributed by atoms with Gasteiger partial charge in [-0.15, -0.1) is 0 Å². The second-order valence-electron chi connectivity index (χ2n) is 6.60. The number of ether oxygens (including phenoxy) is 1. The normalized spacial score (nSPS) is 11.9. The number of anilines is 2. The minimum absolute atomic E-state index is 0.376. The molecule has 3 rings (SSSR count). The second-order valence-corrected chi connectivity index (χ2v) is 6.60. The zero-order valence-electron chi connectivity index (χ0n) is 15.2. The van der Waals surface area contributed by atoms with Crippen LogP contribution in [0.5, 0.6) is 11.5 Å². The van der Waals surface area contributed by atoms with Gasteiger partial charge in [-0.3, -0.25) is 0 Å². The summed E-state index contributed by atoms with van der Waals surface area (Å²) >= 11 is 0. The summed E-state index contributed by atoms with van der Waals surface area (Å²) in [6.07, 6.45) is 3.50. The predicted octanol–water partition coefficient (Wildman–Crippen LogP) is 5.97. The maximum Gasteiger partial charge on any atom is 0.127 e. The Bertz CT molecular complexity index is 808.